The van der Waals surface area contributed by atoms with E-state index in [0.717, 1.165) is 32.5 Å². The van der Waals surface area contributed by atoms with Gasteiger partial charge >= 0.3 is 0 Å². The van der Waals surface area contributed by atoms with Gasteiger partial charge in [0.05, 0.1) is 24.4 Å². The van der Waals surface area contributed by atoms with Gasteiger partial charge in [0.2, 0.25) is 5.91 Å². The lowest BCUT2D eigenvalue weighted by Gasteiger charge is -2.34. The number of sulfone groups is 1. The quantitative estimate of drug-likeness (QED) is 0.757. The van der Waals surface area contributed by atoms with Gasteiger partial charge in [0.25, 0.3) is 0 Å². The highest BCUT2D eigenvalue weighted by atomic mass is 32.2. The van der Waals surface area contributed by atoms with Gasteiger partial charge in [-0.1, -0.05) is 0 Å². The Labute approximate surface area is 143 Å². The van der Waals surface area contributed by atoms with Crippen LogP contribution in [-0.2, 0) is 21.2 Å². The summed E-state index contributed by atoms with van der Waals surface area (Å²) in [4.78, 5) is 20.4. The molecule has 1 aromatic rings. The van der Waals surface area contributed by atoms with Crippen molar-refractivity contribution in [3.63, 3.8) is 0 Å². The first kappa shape index (κ1) is 17.4. The van der Waals surface area contributed by atoms with Crippen molar-refractivity contribution in [3.05, 3.63) is 18.7 Å². The average Bonchev–Trinajstić information content (AvgIpc) is 3.17. The molecule has 1 amide bonds. The van der Waals surface area contributed by atoms with Crippen LogP contribution in [0.1, 0.15) is 19.3 Å². The molecule has 0 radical (unpaired) electrons. The zero-order chi connectivity index (χ0) is 17.2. The number of likely N-dealkylation sites (N-methyl/N-ethyl adjacent to an activating group) is 1. The number of aromatic nitrogens is 2. The summed E-state index contributed by atoms with van der Waals surface area (Å²) in [5.74, 6) is 1.13. The van der Waals surface area contributed by atoms with Crippen LogP contribution in [0, 0.1) is 5.92 Å². The molecule has 8 heteroatoms. The number of hydrogen-bond donors (Lipinski definition) is 0. The first-order valence-corrected chi connectivity index (χ1v) is 10.4. The van der Waals surface area contributed by atoms with E-state index >= 15 is 0 Å². The van der Waals surface area contributed by atoms with Crippen LogP contribution in [0.3, 0.4) is 0 Å². The minimum Gasteiger partial charge on any atom is -0.342 e. The van der Waals surface area contributed by atoms with Crippen molar-refractivity contribution >= 4 is 15.7 Å². The Hall–Kier alpha value is -1.41. The second-order valence-corrected chi connectivity index (χ2v) is 9.28. The van der Waals surface area contributed by atoms with Crippen molar-refractivity contribution in [2.45, 2.75) is 31.8 Å². The van der Waals surface area contributed by atoms with Gasteiger partial charge in [-0.25, -0.2) is 13.4 Å². The molecule has 0 bridgehead atoms. The Morgan fingerprint density at radius 1 is 1.29 bits per heavy atom. The molecule has 0 unspecified atom stereocenters. The van der Waals surface area contributed by atoms with Crippen molar-refractivity contribution in [3.8, 4) is 0 Å². The van der Waals surface area contributed by atoms with E-state index in [-0.39, 0.29) is 23.5 Å². The molecule has 1 aromatic heterocycles. The predicted molar refractivity (Wildman–Crippen MR) is 91.2 cm³/mol. The van der Waals surface area contributed by atoms with Crippen LogP contribution in [-0.4, -0.2) is 77.9 Å². The summed E-state index contributed by atoms with van der Waals surface area (Å²) < 4.78 is 25.2. The highest BCUT2D eigenvalue weighted by molar-refractivity contribution is 7.91. The second-order valence-electron chi connectivity index (χ2n) is 7.06. The largest absolute Gasteiger partial charge is 0.342 e. The molecular weight excluding hydrogens is 328 g/mol. The molecule has 2 saturated heterocycles. The lowest BCUT2D eigenvalue weighted by molar-refractivity contribution is -0.134. The fraction of sp³-hybridized carbons (Fsp3) is 0.750. The van der Waals surface area contributed by atoms with E-state index < -0.39 is 9.84 Å². The molecule has 2 aliphatic heterocycles. The fourth-order valence-corrected chi connectivity index (χ4v) is 5.43. The summed E-state index contributed by atoms with van der Waals surface area (Å²) in [6.07, 6.45) is 8.25. The van der Waals surface area contributed by atoms with Gasteiger partial charge in [-0.2, -0.15) is 0 Å². The normalized spacial score (nSPS) is 24.6. The lowest BCUT2D eigenvalue weighted by atomic mass is 9.96. The Morgan fingerprint density at radius 2 is 2.04 bits per heavy atom. The minimum atomic E-state index is -2.91. The zero-order valence-electron chi connectivity index (χ0n) is 14.2. The summed E-state index contributed by atoms with van der Waals surface area (Å²) in [7, 11) is -1.05. The molecule has 3 rings (SSSR count). The van der Waals surface area contributed by atoms with E-state index in [4.69, 9.17) is 0 Å². The molecular formula is C16H26N4O3S. The van der Waals surface area contributed by atoms with Crippen molar-refractivity contribution in [2.24, 2.45) is 5.92 Å². The highest BCUT2D eigenvalue weighted by Crippen LogP contribution is 2.20. The van der Waals surface area contributed by atoms with E-state index in [1.807, 2.05) is 29.4 Å². The molecule has 1 atom stereocenters. The van der Waals surface area contributed by atoms with Crippen molar-refractivity contribution in [2.75, 3.05) is 38.2 Å². The fourth-order valence-electron chi connectivity index (χ4n) is 3.62. The first-order valence-electron chi connectivity index (χ1n) is 8.57. The topological polar surface area (TPSA) is 75.5 Å². The molecule has 2 fully saturated rings. The number of carbonyl (C=O) groups is 1. The zero-order valence-corrected chi connectivity index (χ0v) is 15.0. The number of hydrogen-bond acceptors (Lipinski definition) is 5. The number of carbonyl (C=O) groups excluding carboxylic acids is 1. The van der Waals surface area contributed by atoms with Crippen LogP contribution in [0.25, 0.3) is 0 Å². The van der Waals surface area contributed by atoms with E-state index in [1.54, 1.807) is 6.20 Å². The van der Waals surface area contributed by atoms with Crippen LogP contribution in [0.15, 0.2) is 18.7 Å². The Morgan fingerprint density at radius 3 is 2.62 bits per heavy atom. The van der Waals surface area contributed by atoms with E-state index in [9.17, 15) is 13.2 Å². The van der Waals surface area contributed by atoms with Gasteiger partial charge in [-0.05, 0) is 32.2 Å². The van der Waals surface area contributed by atoms with Crippen LogP contribution in [0.2, 0.25) is 0 Å². The maximum absolute atomic E-state index is 12.5. The number of nitrogens with zero attached hydrogens (tertiary/aromatic N) is 4. The van der Waals surface area contributed by atoms with Crippen LogP contribution in [0.5, 0.6) is 0 Å². The third-order valence-corrected chi connectivity index (χ3v) is 6.96. The van der Waals surface area contributed by atoms with E-state index in [1.165, 1.54) is 0 Å². The molecule has 134 valence electrons. The Kier molecular flexibility index (Phi) is 5.24. The van der Waals surface area contributed by atoms with Gasteiger partial charge in [0.15, 0.2) is 9.84 Å². The Balaban J connectivity index is 1.43. The molecule has 7 nitrogen and oxygen atoms in total. The molecule has 24 heavy (non-hydrogen) atoms. The summed E-state index contributed by atoms with van der Waals surface area (Å²) in [5.41, 5.74) is 0. The van der Waals surface area contributed by atoms with Gasteiger partial charge in [0.1, 0.15) is 0 Å². The number of rotatable bonds is 5. The number of piperidine rings is 1. The minimum absolute atomic E-state index is 0.0160. The predicted octanol–water partition coefficient (Wildman–Crippen LogP) is 0.241. The third kappa shape index (κ3) is 4.36. The maximum Gasteiger partial charge on any atom is 0.236 e. The van der Waals surface area contributed by atoms with Crippen molar-refractivity contribution in [1.82, 2.24) is 19.4 Å². The van der Waals surface area contributed by atoms with Gasteiger partial charge < -0.3 is 9.47 Å². The van der Waals surface area contributed by atoms with Crippen LogP contribution in [0.4, 0.5) is 0 Å². The lowest BCUT2D eigenvalue weighted by Crippen LogP contribution is -2.46. The van der Waals surface area contributed by atoms with E-state index in [0.29, 0.717) is 18.9 Å². The van der Waals surface area contributed by atoms with Crippen molar-refractivity contribution in [1.29, 1.82) is 0 Å². The summed E-state index contributed by atoms with van der Waals surface area (Å²) in [6.45, 7) is 2.85. The molecule has 0 N–H and O–H groups in total. The maximum atomic E-state index is 12.5. The smallest absolute Gasteiger partial charge is 0.236 e. The van der Waals surface area contributed by atoms with Gasteiger partial charge in [0, 0.05) is 38.1 Å². The molecule has 0 aliphatic carbocycles. The monoisotopic (exact) mass is 354 g/mol. The van der Waals surface area contributed by atoms with Gasteiger partial charge in [-0.15, -0.1) is 0 Å². The van der Waals surface area contributed by atoms with Crippen LogP contribution >= 0.6 is 0 Å². The van der Waals surface area contributed by atoms with E-state index in [2.05, 4.69) is 9.55 Å². The summed E-state index contributed by atoms with van der Waals surface area (Å²) in [6, 6.07) is -0.0160. The number of likely N-dealkylation sites (tertiary alicyclic amines) is 1. The highest BCUT2D eigenvalue weighted by Gasteiger charge is 2.32. The number of imidazole rings is 1. The first-order chi connectivity index (χ1) is 11.4. The SMILES string of the molecule is CN(CC(=O)N1CCC(Cn2ccnc2)CC1)[C@H]1CCS(=O)(=O)C1. The Bertz CT molecular complexity index is 651. The molecule has 3 heterocycles. The third-order valence-electron chi connectivity index (χ3n) is 5.21. The molecule has 0 saturated carbocycles. The van der Waals surface area contributed by atoms with Crippen molar-refractivity contribution < 1.29 is 13.2 Å². The van der Waals surface area contributed by atoms with Crippen LogP contribution < -0.4 is 0 Å². The van der Waals surface area contributed by atoms with Gasteiger partial charge in [-0.3, -0.25) is 9.69 Å². The standard InChI is InChI=1S/C16H26N4O3S/c1-18(15-4-9-24(22,23)12-15)11-16(21)20-6-2-14(3-7-20)10-19-8-5-17-13-19/h5,8,13-15H,2-4,6-7,9-12H2,1H3/t15-/m0/s1. The second kappa shape index (κ2) is 7.23. The number of amides is 1. The molecule has 0 aromatic carbocycles. The molecule has 0 spiro atoms. The summed E-state index contributed by atoms with van der Waals surface area (Å²) in [5, 5.41) is 0. The molecule has 2 aliphatic rings. The average molecular weight is 354 g/mol. The summed E-state index contributed by atoms with van der Waals surface area (Å²) >= 11 is 0.